The summed E-state index contributed by atoms with van der Waals surface area (Å²) in [4.78, 5) is 32.3. The van der Waals surface area contributed by atoms with E-state index in [9.17, 15) is 9.59 Å². The second-order valence-corrected chi connectivity index (χ2v) is 9.38. The number of aliphatic imine (C=N–C) groups is 1. The van der Waals surface area contributed by atoms with Gasteiger partial charge in [-0.15, -0.1) is 24.0 Å². The van der Waals surface area contributed by atoms with E-state index in [4.69, 9.17) is 9.47 Å². The van der Waals surface area contributed by atoms with Gasteiger partial charge in [-0.1, -0.05) is 18.2 Å². The van der Waals surface area contributed by atoms with Gasteiger partial charge in [0.25, 0.3) is 0 Å². The number of halogens is 1. The summed E-state index contributed by atoms with van der Waals surface area (Å²) in [6.45, 7) is 7.35. The van der Waals surface area contributed by atoms with Crippen molar-refractivity contribution in [2.24, 2.45) is 4.99 Å². The van der Waals surface area contributed by atoms with E-state index >= 15 is 0 Å². The van der Waals surface area contributed by atoms with Gasteiger partial charge in [0.2, 0.25) is 5.91 Å². The van der Waals surface area contributed by atoms with E-state index in [0.29, 0.717) is 25.7 Å². The summed E-state index contributed by atoms with van der Waals surface area (Å²) in [6, 6.07) is 7.96. The summed E-state index contributed by atoms with van der Waals surface area (Å²) in [5.74, 6) is 1.33. The molecule has 2 amide bonds. The molecule has 2 aliphatic heterocycles. The monoisotopic (exact) mass is 573 g/mol. The Kier molecular flexibility index (Phi) is 9.62. The first-order chi connectivity index (χ1) is 15.1. The van der Waals surface area contributed by atoms with Gasteiger partial charge in [0.05, 0.1) is 12.6 Å². The Labute approximate surface area is 213 Å². The van der Waals surface area contributed by atoms with E-state index in [1.165, 1.54) is 4.90 Å². The van der Waals surface area contributed by atoms with Gasteiger partial charge in [0.1, 0.15) is 17.9 Å². The summed E-state index contributed by atoms with van der Waals surface area (Å²) in [6.07, 6.45) is 1.24. The normalized spacial score (nSPS) is 20.2. The van der Waals surface area contributed by atoms with Crippen LogP contribution in [-0.2, 0) is 9.53 Å². The van der Waals surface area contributed by atoms with Crippen LogP contribution < -0.4 is 15.4 Å². The minimum Gasteiger partial charge on any atom is -0.493 e. The maximum atomic E-state index is 12.4. The van der Waals surface area contributed by atoms with Crippen LogP contribution in [0.15, 0.2) is 29.3 Å². The third-order valence-electron chi connectivity index (χ3n) is 5.32. The zero-order chi connectivity index (χ0) is 23.3. The average Bonchev–Trinajstić information content (AvgIpc) is 3.19. The lowest BCUT2D eigenvalue weighted by atomic mass is 10.0. The van der Waals surface area contributed by atoms with Crippen LogP contribution in [0.5, 0.6) is 5.75 Å². The topological polar surface area (TPSA) is 95.5 Å². The Morgan fingerprint density at radius 3 is 2.64 bits per heavy atom. The van der Waals surface area contributed by atoms with Crippen molar-refractivity contribution in [3.05, 3.63) is 29.8 Å². The second kappa shape index (κ2) is 11.8. The van der Waals surface area contributed by atoms with Crippen LogP contribution in [0.25, 0.3) is 0 Å². The molecule has 184 valence electrons. The first-order valence-electron chi connectivity index (χ1n) is 11.1. The largest absolute Gasteiger partial charge is 0.493 e. The molecule has 10 heteroatoms. The van der Waals surface area contributed by atoms with Gasteiger partial charge < -0.3 is 29.9 Å². The Morgan fingerprint density at radius 1 is 1.21 bits per heavy atom. The molecule has 0 bridgehead atoms. The zero-order valence-electron chi connectivity index (χ0n) is 20.1. The van der Waals surface area contributed by atoms with Crippen LogP contribution in [0.1, 0.15) is 45.2 Å². The molecule has 1 saturated heterocycles. The number of rotatable bonds is 4. The molecular formula is C23H36IN5O4. The van der Waals surface area contributed by atoms with Gasteiger partial charge >= 0.3 is 6.09 Å². The van der Waals surface area contributed by atoms with Crippen molar-refractivity contribution >= 4 is 41.9 Å². The predicted molar refractivity (Wildman–Crippen MR) is 138 cm³/mol. The number of amides is 2. The van der Waals surface area contributed by atoms with Crippen molar-refractivity contribution in [2.45, 2.75) is 51.3 Å². The number of nitrogens with zero attached hydrogens (tertiary/aromatic N) is 3. The molecule has 33 heavy (non-hydrogen) atoms. The molecule has 0 aromatic heterocycles. The zero-order valence-corrected chi connectivity index (χ0v) is 22.4. The lowest BCUT2D eigenvalue weighted by Crippen LogP contribution is -2.47. The Morgan fingerprint density at radius 2 is 1.94 bits per heavy atom. The Bertz CT molecular complexity index is 855. The highest BCUT2D eigenvalue weighted by Gasteiger charge is 2.31. The number of hydrogen-bond acceptors (Lipinski definition) is 5. The Balaban J connectivity index is 0.00000385. The minimum atomic E-state index is -0.528. The van der Waals surface area contributed by atoms with Crippen LogP contribution in [0.2, 0.25) is 0 Å². The molecule has 1 aromatic carbocycles. The lowest BCUT2D eigenvalue weighted by molar-refractivity contribution is -0.127. The van der Waals surface area contributed by atoms with Crippen molar-refractivity contribution in [1.82, 2.24) is 20.4 Å². The highest BCUT2D eigenvalue weighted by molar-refractivity contribution is 14.0. The van der Waals surface area contributed by atoms with Crippen molar-refractivity contribution in [3.63, 3.8) is 0 Å². The standard InChI is InChI=1S/C23H35N5O4.HI/c1-23(2,3)32-22(30)28-12-10-16(15-28)25-21(24-14-20(29)27(4)5)26-18-11-13-31-19-9-7-6-8-17(18)19;/h6-9,16,18H,10-15H2,1-5H3,(H2,24,25,26);1H. The maximum absolute atomic E-state index is 12.4. The highest BCUT2D eigenvalue weighted by Crippen LogP contribution is 2.31. The molecule has 0 aliphatic carbocycles. The predicted octanol–water partition coefficient (Wildman–Crippen LogP) is 2.76. The molecule has 0 radical (unpaired) electrons. The van der Waals surface area contributed by atoms with Gasteiger partial charge in [-0.05, 0) is 33.3 Å². The first-order valence-corrected chi connectivity index (χ1v) is 11.1. The molecule has 2 atom stereocenters. The van der Waals surface area contributed by atoms with E-state index in [2.05, 4.69) is 15.6 Å². The summed E-state index contributed by atoms with van der Waals surface area (Å²) < 4.78 is 11.2. The number of para-hydroxylation sites is 1. The number of hydrogen-bond donors (Lipinski definition) is 2. The second-order valence-electron chi connectivity index (χ2n) is 9.38. The van der Waals surface area contributed by atoms with E-state index in [0.717, 1.165) is 24.2 Å². The van der Waals surface area contributed by atoms with Gasteiger partial charge in [-0.2, -0.15) is 0 Å². The summed E-state index contributed by atoms with van der Waals surface area (Å²) in [5, 5.41) is 6.88. The van der Waals surface area contributed by atoms with Gasteiger partial charge in [-0.25, -0.2) is 9.79 Å². The fourth-order valence-electron chi connectivity index (χ4n) is 3.64. The molecule has 3 rings (SSSR count). The summed E-state index contributed by atoms with van der Waals surface area (Å²) in [7, 11) is 3.42. The van der Waals surface area contributed by atoms with Crippen LogP contribution in [-0.4, -0.2) is 79.7 Å². The molecule has 2 heterocycles. The van der Waals surface area contributed by atoms with Crippen molar-refractivity contribution < 1.29 is 19.1 Å². The van der Waals surface area contributed by atoms with E-state index < -0.39 is 5.60 Å². The summed E-state index contributed by atoms with van der Waals surface area (Å²) >= 11 is 0. The number of carbonyl (C=O) groups excluding carboxylic acids is 2. The van der Waals surface area contributed by atoms with Crippen LogP contribution >= 0.6 is 24.0 Å². The van der Waals surface area contributed by atoms with E-state index in [1.807, 2.05) is 45.0 Å². The lowest BCUT2D eigenvalue weighted by Gasteiger charge is -2.29. The number of ether oxygens (including phenoxy) is 2. The van der Waals surface area contributed by atoms with Crippen LogP contribution in [0.4, 0.5) is 4.79 Å². The van der Waals surface area contributed by atoms with Gasteiger partial charge in [0.15, 0.2) is 5.96 Å². The van der Waals surface area contributed by atoms with Crippen LogP contribution in [0, 0.1) is 0 Å². The molecule has 2 unspecified atom stereocenters. The van der Waals surface area contributed by atoms with E-state index in [-0.39, 0.29) is 54.6 Å². The third kappa shape index (κ3) is 7.94. The highest BCUT2D eigenvalue weighted by atomic mass is 127. The van der Waals surface area contributed by atoms with E-state index in [1.54, 1.807) is 19.0 Å². The smallest absolute Gasteiger partial charge is 0.410 e. The minimum absolute atomic E-state index is 0. The molecule has 0 saturated carbocycles. The molecular weight excluding hydrogens is 537 g/mol. The number of likely N-dealkylation sites (N-methyl/N-ethyl adjacent to an activating group) is 1. The SMILES string of the molecule is CN(C)C(=O)CN=C(NC1CCN(C(=O)OC(C)(C)C)C1)NC1CCOc2ccccc21.I. The number of guanidine groups is 1. The first kappa shape index (κ1) is 27.0. The quantitative estimate of drug-likeness (QED) is 0.327. The molecule has 0 spiro atoms. The molecule has 2 N–H and O–H groups in total. The third-order valence-corrected chi connectivity index (χ3v) is 5.32. The number of likely N-dealkylation sites (tertiary alicyclic amines) is 1. The van der Waals surface area contributed by atoms with Crippen molar-refractivity contribution in [1.29, 1.82) is 0 Å². The van der Waals surface area contributed by atoms with Crippen molar-refractivity contribution in [2.75, 3.05) is 40.3 Å². The fourth-order valence-corrected chi connectivity index (χ4v) is 3.64. The fraction of sp³-hybridized carbons (Fsp3) is 0.609. The maximum Gasteiger partial charge on any atom is 0.410 e. The average molecular weight is 573 g/mol. The van der Waals surface area contributed by atoms with Crippen LogP contribution in [0.3, 0.4) is 0 Å². The Hall–Kier alpha value is -2.24. The number of benzene rings is 1. The van der Waals surface area contributed by atoms with Gasteiger partial charge in [-0.3, -0.25) is 4.79 Å². The number of nitrogens with one attached hydrogen (secondary N) is 2. The molecule has 2 aliphatic rings. The summed E-state index contributed by atoms with van der Waals surface area (Å²) in [5.41, 5.74) is 0.536. The number of fused-ring (bicyclic) bond motifs is 1. The molecule has 9 nitrogen and oxygen atoms in total. The molecule has 1 fully saturated rings. The molecule has 1 aromatic rings. The van der Waals surface area contributed by atoms with Crippen molar-refractivity contribution in [3.8, 4) is 5.75 Å². The van der Waals surface area contributed by atoms with Gasteiger partial charge in [0, 0.05) is 45.2 Å². The number of carbonyl (C=O) groups is 2.